The number of amides is 1. The van der Waals surface area contributed by atoms with Gasteiger partial charge in [-0.1, -0.05) is 47.1 Å². The van der Waals surface area contributed by atoms with E-state index in [4.69, 9.17) is 17.1 Å². The van der Waals surface area contributed by atoms with Gasteiger partial charge in [0.1, 0.15) is 24.7 Å². The lowest BCUT2D eigenvalue weighted by atomic mass is 9.53. The molecule has 14 heteroatoms. The molecule has 35 heavy (non-hydrogen) atoms. The maximum absolute atomic E-state index is 14.2. The van der Waals surface area contributed by atoms with Crippen molar-refractivity contribution < 1.29 is 32.4 Å². The van der Waals surface area contributed by atoms with Gasteiger partial charge >= 0.3 is 11.9 Å². The fourth-order valence-electron chi connectivity index (χ4n) is 4.33. The summed E-state index contributed by atoms with van der Waals surface area (Å²) in [6, 6.07) is 5.97. The Kier molecular flexibility index (Phi) is 7.09. The second-order valence-electron chi connectivity index (χ2n) is 8.79. The number of hydrogen-bond acceptors (Lipinski definition) is 7. The second kappa shape index (κ2) is 9.62. The highest BCUT2D eigenvalue weighted by Gasteiger charge is 2.62. The summed E-state index contributed by atoms with van der Waals surface area (Å²) in [5.41, 5.74) is -0.602. The monoisotopic (exact) mass is 551 g/mol. The summed E-state index contributed by atoms with van der Waals surface area (Å²) in [6.07, 6.45) is -5.88. The predicted molar refractivity (Wildman–Crippen MR) is 125 cm³/mol. The van der Waals surface area contributed by atoms with E-state index in [-0.39, 0.29) is 36.0 Å². The smallest absolute Gasteiger partial charge is 0.391 e. The standard InChI is InChI=1S/C21H21B2BrF3N4O4/c1-10(2)17(15-8-16(23-22)29-34-15)19(33)31-9-13(32)7-14(31)18-28-20(35-30-18,21(25,26)27)11-3-5-12(24)6-4-11/h3-6,8,10,13-14,17,32H,7,9H2,1-2H3,(H,28,30)/t13-,14+,17?,20?/m1/s1. The maximum atomic E-state index is 14.2. The number of benzene rings is 1. The van der Waals surface area contributed by atoms with E-state index < -0.39 is 35.9 Å². The van der Waals surface area contributed by atoms with Crippen molar-refractivity contribution in [3.63, 3.8) is 0 Å². The number of halogens is 4. The number of alkyl halides is 3. The highest BCUT2D eigenvalue weighted by Crippen LogP contribution is 2.46. The number of nitrogens with zero attached hydrogens (tertiary/aromatic N) is 3. The van der Waals surface area contributed by atoms with Gasteiger partial charge in [0.2, 0.25) is 5.91 Å². The number of hydroxylamine groups is 1. The zero-order chi connectivity index (χ0) is 25.5. The molecule has 4 atom stereocenters. The van der Waals surface area contributed by atoms with Gasteiger partial charge in [-0.3, -0.25) is 4.79 Å². The van der Waals surface area contributed by atoms with Gasteiger partial charge in [-0.05, 0) is 24.1 Å². The molecule has 183 valence electrons. The maximum Gasteiger partial charge on any atom is 0.445 e. The third-order valence-corrected chi connectivity index (χ3v) is 6.56. The number of aliphatic imine (C=N–C) groups is 1. The van der Waals surface area contributed by atoms with Crippen LogP contribution in [0.3, 0.4) is 0 Å². The minimum Gasteiger partial charge on any atom is -0.391 e. The van der Waals surface area contributed by atoms with Crippen LogP contribution >= 0.6 is 15.9 Å². The first kappa shape index (κ1) is 25.8. The Balaban J connectivity index is 1.69. The van der Waals surface area contributed by atoms with Crippen molar-refractivity contribution in [1.29, 1.82) is 0 Å². The van der Waals surface area contributed by atoms with Crippen LogP contribution in [-0.4, -0.2) is 66.7 Å². The topological polar surface area (TPSA) is 100 Å². The van der Waals surface area contributed by atoms with Crippen LogP contribution < -0.4 is 11.1 Å². The lowest BCUT2D eigenvalue weighted by Gasteiger charge is -2.29. The second-order valence-corrected chi connectivity index (χ2v) is 9.70. The summed E-state index contributed by atoms with van der Waals surface area (Å²) in [5.74, 6) is -1.43. The fourth-order valence-corrected chi connectivity index (χ4v) is 4.59. The molecule has 1 aromatic heterocycles. The van der Waals surface area contributed by atoms with Crippen molar-refractivity contribution in [2.75, 3.05) is 6.54 Å². The summed E-state index contributed by atoms with van der Waals surface area (Å²) >= 11 is 3.20. The molecule has 0 saturated carbocycles. The van der Waals surface area contributed by atoms with E-state index in [0.717, 1.165) is 0 Å². The van der Waals surface area contributed by atoms with Crippen molar-refractivity contribution in [2.45, 2.75) is 50.2 Å². The molecule has 0 spiro atoms. The number of hydrogen-bond donors (Lipinski definition) is 2. The molecule has 2 aliphatic heterocycles. The van der Waals surface area contributed by atoms with Crippen molar-refractivity contribution >= 4 is 48.2 Å². The SMILES string of the molecule is [B][B]c1cc(C(C(=O)N2C[C@H](O)C[C@H]2C2=NC(c3ccc(Br)cc3)(C(F)(F)F)ON2)C(C)C)on1. The van der Waals surface area contributed by atoms with Crippen LogP contribution in [-0.2, 0) is 15.4 Å². The first-order valence-corrected chi connectivity index (χ1v) is 11.6. The molecule has 2 aromatic rings. The van der Waals surface area contributed by atoms with Crippen LogP contribution in [0.25, 0.3) is 0 Å². The molecule has 8 nitrogen and oxygen atoms in total. The molecular weight excluding hydrogens is 531 g/mol. The third-order valence-electron chi connectivity index (χ3n) is 6.04. The summed E-state index contributed by atoms with van der Waals surface area (Å²) < 4.78 is 48.6. The summed E-state index contributed by atoms with van der Waals surface area (Å²) in [6.45, 7) is 3.51. The van der Waals surface area contributed by atoms with Crippen LogP contribution in [0.15, 0.2) is 44.3 Å². The Morgan fingerprint density at radius 3 is 2.63 bits per heavy atom. The third kappa shape index (κ3) is 4.75. The number of aliphatic hydroxyl groups excluding tert-OH is 1. The molecule has 2 aliphatic rings. The van der Waals surface area contributed by atoms with E-state index in [0.29, 0.717) is 10.1 Å². The number of amidine groups is 1. The Hall–Kier alpha value is -2.31. The minimum absolute atomic E-state index is 0.0156. The number of aliphatic hydroxyl groups is 1. The van der Waals surface area contributed by atoms with Gasteiger partial charge in [-0.15, -0.1) is 0 Å². The molecule has 3 radical (unpaired) electrons. The Labute approximate surface area is 210 Å². The van der Waals surface area contributed by atoms with Gasteiger partial charge in [0, 0.05) is 36.3 Å². The fraction of sp³-hybridized carbons (Fsp3) is 0.476. The van der Waals surface area contributed by atoms with Crippen molar-refractivity contribution in [2.24, 2.45) is 10.9 Å². The first-order valence-electron chi connectivity index (χ1n) is 10.8. The number of likely N-dealkylation sites (tertiary alicyclic amines) is 1. The van der Waals surface area contributed by atoms with Crippen molar-refractivity contribution in [1.82, 2.24) is 15.5 Å². The molecule has 0 aliphatic carbocycles. The molecule has 1 fully saturated rings. The number of carbonyl (C=O) groups is 1. The molecule has 1 aromatic carbocycles. The largest absolute Gasteiger partial charge is 0.445 e. The van der Waals surface area contributed by atoms with Crippen LogP contribution in [0, 0.1) is 5.92 Å². The van der Waals surface area contributed by atoms with Crippen LogP contribution in [0.5, 0.6) is 0 Å². The average molecular weight is 552 g/mol. The molecule has 1 saturated heterocycles. The molecule has 2 unspecified atom stereocenters. The molecule has 4 rings (SSSR count). The average Bonchev–Trinajstić information content (AvgIpc) is 3.52. The van der Waals surface area contributed by atoms with E-state index in [1.807, 2.05) is 0 Å². The van der Waals surface area contributed by atoms with Gasteiger partial charge in [0.05, 0.1) is 12.1 Å². The predicted octanol–water partition coefficient (Wildman–Crippen LogP) is 1.90. The Morgan fingerprint density at radius 1 is 1.37 bits per heavy atom. The molecule has 0 bridgehead atoms. The van der Waals surface area contributed by atoms with E-state index in [2.05, 4.69) is 31.6 Å². The van der Waals surface area contributed by atoms with E-state index in [1.165, 1.54) is 42.4 Å². The van der Waals surface area contributed by atoms with E-state index in [1.54, 1.807) is 13.8 Å². The van der Waals surface area contributed by atoms with Gasteiger partial charge < -0.3 is 14.5 Å². The number of nitrogens with one attached hydrogen (secondary N) is 1. The quantitative estimate of drug-likeness (QED) is 0.532. The summed E-state index contributed by atoms with van der Waals surface area (Å²) in [5, 5.41) is 14.1. The van der Waals surface area contributed by atoms with Crippen LogP contribution in [0.1, 0.15) is 37.5 Å². The number of β-amino-alcohol motifs (C(OH)–C–C–N with tert-alkyl or cyclic N) is 1. The van der Waals surface area contributed by atoms with Crippen LogP contribution in [0.2, 0.25) is 0 Å². The van der Waals surface area contributed by atoms with Gasteiger partial charge in [-0.25, -0.2) is 15.3 Å². The van der Waals surface area contributed by atoms with Gasteiger partial charge in [-0.2, -0.15) is 13.2 Å². The Morgan fingerprint density at radius 2 is 2.06 bits per heavy atom. The normalized spacial score (nSPS) is 25.5. The van der Waals surface area contributed by atoms with Crippen molar-refractivity contribution in [3.05, 3.63) is 46.1 Å². The minimum atomic E-state index is -4.91. The zero-order valence-corrected chi connectivity index (χ0v) is 20.4. The summed E-state index contributed by atoms with van der Waals surface area (Å²) in [4.78, 5) is 23.9. The van der Waals surface area contributed by atoms with Gasteiger partial charge in [0.15, 0.2) is 0 Å². The number of carbonyl (C=O) groups excluding carboxylic acids is 1. The zero-order valence-electron chi connectivity index (χ0n) is 18.8. The molecule has 3 heterocycles. The number of rotatable bonds is 6. The van der Waals surface area contributed by atoms with Crippen molar-refractivity contribution in [3.8, 4) is 0 Å². The Bertz CT molecular complexity index is 1110. The van der Waals surface area contributed by atoms with E-state index >= 15 is 0 Å². The number of aromatic nitrogens is 1. The first-order chi connectivity index (χ1) is 16.5. The lowest BCUT2D eigenvalue weighted by Crippen LogP contribution is -2.47. The lowest BCUT2D eigenvalue weighted by molar-refractivity contribution is -0.285. The highest BCUT2D eigenvalue weighted by atomic mass is 79.9. The van der Waals surface area contributed by atoms with E-state index in [9.17, 15) is 23.1 Å². The molecule has 2 N–H and O–H groups in total. The van der Waals surface area contributed by atoms with Gasteiger partial charge in [0.25, 0.3) is 0 Å². The summed E-state index contributed by atoms with van der Waals surface area (Å²) in [7, 11) is 6.70. The highest BCUT2D eigenvalue weighted by molar-refractivity contribution is 9.10. The molecule has 1 amide bonds. The molecular formula is C21H21B2BrF3N4O4. The van der Waals surface area contributed by atoms with Crippen LogP contribution in [0.4, 0.5) is 13.2 Å².